The summed E-state index contributed by atoms with van der Waals surface area (Å²) in [4.78, 5) is 12.6. The molecule has 0 bridgehead atoms. The van der Waals surface area contributed by atoms with Gasteiger partial charge in [-0.25, -0.2) is 4.98 Å². The SMILES string of the molecule is CC(C)(C)[C@H](N)C1=NC=C(c2ccc([C@H]3C[C@@H]3c3ccc(-c4cnc([C@@H](N)C(C)(C)C)[nH]4)cc3)cc2)C1. The molecule has 1 saturated carbocycles. The first kappa shape index (κ1) is 25.6. The Morgan fingerprint density at radius 1 is 0.784 bits per heavy atom. The summed E-state index contributed by atoms with van der Waals surface area (Å²) in [6.45, 7) is 12.9. The van der Waals surface area contributed by atoms with E-state index >= 15 is 0 Å². The van der Waals surface area contributed by atoms with Crippen molar-refractivity contribution in [2.24, 2.45) is 27.3 Å². The normalized spacial score (nSPS) is 21.4. The van der Waals surface area contributed by atoms with Crippen LogP contribution in [0.1, 0.15) is 94.8 Å². The number of aromatic nitrogens is 2. The van der Waals surface area contributed by atoms with E-state index < -0.39 is 0 Å². The average molecular weight is 496 g/mol. The van der Waals surface area contributed by atoms with Gasteiger partial charge in [-0.15, -0.1) is 0 Å². The maximum absolute atomic E-state index is 6.44. The Kier molecular flexibility index (Phi) is 6.49. The molecule has 1 fully saturated rings. The second-order valence-electron chi connectivity index (χ2n) is 13.0. The lowest BCUT2D eigenvalue weighted by Crippen LogP contribution is -2.41. The van der Waals surface area contributed by atoms with Gasteiger partial charge in [0.15, 0.2) is 0 Å². The van der Waals surface area contributed by atoms with Crippen LogP contribution in [-0.4, -0.2) is 21.7 Å². The van der Waals surface area contributed by atoms with Gasteiger partial charge < -0.3 is 16.5 Å². The smallest absolute Gasteiger partial charge is 0.124 e. The third-order valence-corrected chi connectivity index (χ3v) is 8.02. The molecule has 5 nitrogen and oxygen atoms in total. The van der Waals surface area contributed by atoms with Crippen molar-refractivity contribution in [1.82, 2.24) is 9.97 Å². The number of hydrogen-bond donors (Lipinski definition) is 3. The number of aliphatic imine (C=N–C) groups is 1. The standard InChI is InChI=1S/C32H41N5/c1-31(2,3)28(33)26-15-23(17-35-26)19-7-9-20(10-8-19)24-16-25(24)21-11-13-22(14-12-21)27-18-36-30(37-27)29(34)32(4,5)6/h7-14,17-18,24-25,28-29H,15-16,33-34H2,1-6H3,(H,36,37)/t24-,25-,28-,29-/m1/s1. The van der Waals surface area contributed by atoms with Crippen molar-refractivity contribution >= 4 is 11.3 Å². The molecule has 1 aliphatic carbocycles. The summed E-state index contributed by atoms with van der Waals surface area (Å²) in [5, 5.41) is 0. The van der Waals surface area contributed by atoms with Crippen LogP contribution in [0, 0.1) is 10.8 Å². The van der Waals surface area contributed by atoms with Crippen LogP contribution in [0.25, 0.3) is 16.8 Å². The van der Waals surface area contributed by atoms with Gasteiger partial charge in [0.1, 0.15) is 5.82 Å². The molecule has 0 spiro atoms. The molecule has 0 amide bonds. The third kappa shape index (κ3) is 5.34. The molecule has 4 atom stereocenters. The Balaban J connectivity index is 1.20. The van der Waals surface area contributed by atoms with Gasteiger partial charge in [-0.2, -0.15) is 0 Å². The topological polar surface area (TPSA) is 93.1 Å². The first-order chi connectivity index (χ1) is 17.4. The van der Waals surface area contributed by atoms with Crippen LogP contribution in [0.5, 0.6) is 0 Å². The summed E-state index contributed by atoms with van der Waals surface area (Å²) in [5.74, 6) is 2.00. The molecule has 1 aromatic heterocycles. The number of hydrogen-bond acceptors (Lipinski definition) is 4. The lowest BCUT2D eigenvalue weighted by atomic mass is 9.83. The van der Waals surface area contributed by atoms with E-state index in [9.17, 15) is 0 Å². The van der Waals surface area contributed by atoms with Crippen molar-refractivity contribution in [2.75, 3.05) is 0 Å². The van der Waals surface area contributed by atoms with E-state index in [0.717, 1.165) is 29.2 Å². The van der Waals surface area contributed by atoms with Gasteiger partial charge in [0.25, 0.3) is 0 Å². The number of rotatable bonds is 6. The number of benzene rings is 2. The highest BCUT2D eigenvalue weighted by Crippen LogP contribution is 2.54. The fourth-order valence-corrected chi connectivity index (χ4v) is 5.15. The zero-order chi connectivity index (χ0) is 26.5. The van der Waals surface area contributed by atoms with Crippen molar-refractivity contribution in [3.05, 3.63) is 83.4 Å². The quantitative estimate of drug-likeness (QED) is 0.345. The van der Waals surface area contributed by atoms with Crippen LogP contribution in [0.3, 0.4) is 0 Å². The van der Waals surface area contributed by atoms with Crippen molar-refractivity contribution in [2.45, 2.75) is 78.3 Å². The lowest BCUT2D eigenvalue weighted by Gasteiger charge is -2.27. The molecule has 0 radical (unpaired) electrons. The molecule has 0 saturated heterocycles. The van der Waals surface area contributed by atoms with Gasteiger partial charge in [0.2, 0.25) is 0 Å². The summed E-state index contributed by atoms with van der Waals surface area (Å²) in [6.07, 6.45) is 5.93. The summed E-state index contributed by atoms with van der Waals surface area (Å²) in [6, 6.07) is 17.9. The summed E-state index contributed by atoms with van der Waals surface area (Å²) in [7, 11) is 0. The maximum atomic E-state index is 6.44. The number of nitrogens with zero attached hydrogens (tertiary/aromatic N) is 2. The monoisotopic (exact) mass is 495 g/mol. The van der Waals surface area contributed by atoms with Crippen LogP contribution in [0.2, 0.25) is 0 Å². The number of nitrogens with two attached hydrogens (primary N) is 2. The molecule has 1 aliphatic heterocycles. The van der Waals surface area contributed by atoms with Crippen LogP contribution in [0.4, 0.5) is 0 Å². The fourth-order valence-electron chi connectivity index (χ4n) is 5.15. The number of aromatic amines is 1. The Morgan fingerprint density at radius 3 is 1.86 bits per heavy atom. The zero-order valence-electron chi connectivity index (χ0n) is 23.0. The van der Waals surface area contributed by atoms with Crippen molar-refractivity contribution in [1.29, 1.82) is 0 Å². The number of allylic oxidation sites excluding steroid dienone is 1. The van der Waals surface area contributed by atoms with Crippen LogP contribution in [0.15, 0.2) is 65.9 Å². The highest BCUT2D eigenvalue weighted by molar-refractivity contribution is 6.01. The second-order valence-corrected chi connectivity index (χ2v) is 13.0. The number of H-pyrrole nitrogens is 1. The van der Waals surface area contributed by atoms with Gasteiger partial charge in [-0.3, -0.25) is 4.99 Å². The van der Waals surface area contributed by atoms with Crippen LogP contribution < -0.4 is 11.5 Å². The number of nitrogens with one attached hydrogen (secondary N) is 1. The molecular formula is C32H41N5. The minimum absolute atomic E-state index is 0.0180. The molecular weight excluding hydrogens is 454 g/mol. The summed E-state index contributed by atoms with van der Waals surface area (Å²) in [5.41, 5.74) is 21.4. The molecule has 3 aromatic rings. The molecule has 0 unspecified atom stereocenters. The first-order valence-corrected chi connectivity index (χ1v) is 13.4. The Labute approximate surface area is 221 Å². The van der Waals surface area contributed by atoms with Gasteiger partial charge in [-0.05, 0) is 56.9 Å². The first-order valence-electron chi connectivity index (χ1n) is 13.4. The largest absolute Gasteiger partial charge is 0.341 e. The van der Waals surface area contributed by atoms with Crippen molar-refractivity contribution in [3.8, 4) is 11.3 Å². The fraction of sp³-hybridized carbons (Fsp3) is 0.438. The molecule has 5 heteroatoms. The molecule has 5 N–H and O–H groups in total. The molecule has 2 aromatic carbocycles. The third-order valence-electron chi connectivity index (χ3n) is 8.02. The van der Waals surface area contributed by atoms with E-state index in [2.05, 4.69) is 105 Å². The highest BCUT2D eigenvalue weighted by atomic mass is 15.0. The minimum atomic E-state index is -0.125. The van der Waals surface area contributed by atoms with E-state index in [4.69, 9.17) is 11.5 Å². The van der Waals surface area contributed by atoms with Gasteiger partial charge in [0.05, 0.1) is 17.9 Å². The summed E-state index contributed by atoms with van der Waals surface area (Å²) < 4.78 is 0. The Hall–Kier alpha value is -3.02. The minimum Gasteiger partial charge on any atom is -0.341 e. The number of imidazole rings is 1. The van der Waals surface area contributed by atoms with E-state index in [1.54, 1.807) is 0 Å². The predicted octanol–water partition coefficient (Wildman–Crippen LogP) is 6.95. The van der Waals surface area contributed by atoms with Gasteiger partial charge in [-0.1, -0.05) is 90.1 Å². The van der Waals surface area contributed by atoms with E-state index in [-0.39, 0.29) is 22.9 Å². The second kappa shape index (κ2) is 9.38. The molecule has 2 aliphatic rings. The van der Waals surface area contributed by atoms with Crippen LogP contribution in [-0.2, 0) is 0 Å². The van der Waals surface area contributed by atoms with Gasteiger partial charge >= 0.3 is 0 Å². The molecule has 194 valence electrons. The average Bonchev–Trinajstić information content (AvgIpc) is 3.26. The zero-order valence-corrected chi connectivity index (χ0v) is 23.0. The van der Waals surface area contributed by atoms with Crippen LogP contribution >= 0.6 is 0 Å². The highest BCUT2D eigenvalue weighted by Gasteiger charge is 2.39. The predicted molar refractivity (Wildman–Crippen MR) is 154 cm³/mol. The molecule has 5 rings (SSSR count). The van der Waals surface area contributed by atoms with Crippen molar-refractivity contribution in [3.63, 3.8) is 0 Å². The van der Waals surface area contributed by atoms with Crippen molar-refractivity contribution < 1.29 is 0 Å². The van der Waals surface area contributed by atoms with Gasteiger partial charge in [0, 0.05) is 24.4 Å². The Morgan fingerprint density at radius 2 is 1.32 bits per heavy atom. The lowest BCUT2D eigenvalue weighted by molar-refractivity contribution is 0.317. The van der Waals surface area contributed by atoms with E-state index in [1.807, 2.05) is 12.4 Å². The molecule has 2 heterocycles. The maximum Gasteiger partial charge on any atom is 0.124 e. The summed E-state index contributed by atoms with van der Waals surface area (Å²) >= 11 is 0. The van der Waals surface area contributed by atoms with E-state index in [0.29, 0.717) is 11.8 Å². The molecule has 37 heavy (non-hydrogen) atoms. The Bertz CT molecular complexity index is 1310. The van der Waals surface area contributed by atoms with E-state index in [1.165, 1.54) is 28.7 Å².